The first-order chi connectivity index (χ1) is 9.60. The van der Waals surface area contributed by atoms with Crippen molar-refractivity contribution in [1.82, 2.24) is 0 Å². The molecule has 5 heteroatoms. The van der Waals surface area contributed by atoms with Crippen LogP contribution in [0.2, 0.25) is 0 Å². The number of nitrogens with one attached hydrogen (secondary N) is 1. The van der Waals surface area contributed by atoms with Gasteiger partial charge in [-0.2, -0.15) is 0 Å². The lowest BCUT2D eigenvalue weighted by Crippen LogP contribution is -2.11. The summed E-state index contributed by atoms with van der Waals surface area (Å²) in [4.78, 5) is 11.9. The molecule has 0 bridgehead atoms. The topological polar surface area (TPSA) is 58.6 Å². The highest BCUT2D eigenvalue weighted by molar-refractivity contribution is 6.04. The highest BCUT2D eigenvalue weighted by Gasteiger charge is 2.08. The van der Waals surface area contributed by atoms with E-state index in [0.29, 0.717) is 17.9 Å². The van der Waals surface area contributed by atoms with Crippen molar-refractivity contribution in [3.8, 4) is 11.5 Å². The van der Waals surface area contributed by atoms with Crippen LogP contribution in [-0.2, 0) is 0 Å². The van der Waals surface area contributed by atoms with Crippen molar-refractivity contribution in [1.29, 1.82) is 0 Å². The van der Waals surface area contributed by atoms with Crippen LogP contribution in [0.25, 0.3) is 0 Å². The molecule has 0 aliphatic rings. The molecular formula is C15H14FNO3. The van der Waals surface area contributed by atoms with E-state index in [0.717, 1.165) is 6.07 Å². The van der Waals surface area contributed by atoms with Gasteiger partial charge in [-0.25, -0.2) is 4.39 Å². The smallest absolute Gasteiger partial charge is 0.255 e. The molecule has 2 N–H and O–H groups in total. The number of ether oxygens (including phenoxy) is 1. The first-order valence-electron chi connectivity index (χ1n) is 6.13. The molecule has 2 aromatic carbocycles. The Balaban J connectivity index is 2.09. The molecule has 0 fully saturated rings. The molecule has 2 rings (SSSR count). The summed E-state index contributed by atoms with van der Waals surface area (Å²) in [7, 11) is 0. The molecular weight excluding hydrogens is 261 g/mol. The molecule has 0 aliphatic heterocycles. The van der Waals surface area contributed by atoms with Crippen LogP contribution in [-0.4, -0.2) is 17.6 Å². The van der Waals surface area contributed by atoms with E-state index in [1.54, 1.807) is 24.3 Å². The van der Waals surface area contributed by atoms with E-state index in [1.807, 2.05) is 6.92 Å². The summed E-state index contributed by atoms with van der Waals surface area (Å²) in [6.45, 7) is 2.43. The number of rotatable bonds is 4. The fraction of sp³-hybridized carbons (Fsp3) is 0.133. The molecule has 0 heterocycles. The zero-order valence-corrected chi connectivity index (χ0v) is 10.9. The molecule has 0 atom stereocenters. The minimum atomic E-state index is -0.783. The van der Waals surface area contributed by atoms with E-state index in [1.165, 1.54) is 12.1 Å². The summed E-state index contributed by atoms with van der Waals surface area (Å²) in [5.74, 6) is -0.920. The van der Waals surface area contributed by atoms with Gasteiger partial charge in [0, 0.05) is 17.3 Å². The van der Waals surface area contributed by atoms with Gasteiger partial charge in [-0.05, 0) is 43.3 Å². The van der Waals surface area contributed by atoms with Crippen LogP contribution >= 0.6 is 0 Å². The van der Waals surface area contributed by atoms with Crippen molar-refractivity contribution >= 4 is 11.6 Å². The van der Waals surface area contributed by atoms with Crippen LogP contribution in [0.4, 0.5) is 10.1 Å². The molecule has 104 valence electrons. The van der Waals surface area contributed by atoms with E-state index in [4.69, 9.17) is 9.84 Å². The third-order valence-corrected chi connectivity index (χ3v) is 2.63. The maximum absolute atomic E-state index is 13.2. The zero-order chi connectivity index (χ0) is 14.5. The van der Waals surface area contributed by atoms with Crippen molar-refractivity contribution in [3.63, 3.8) is 0 Å². The second-order valence-corrected chi connectivity index (χ2v) is 4.08. The third-order valence-electron chi connectivity index (χ3n) is 2.63. The average molecular weight is 275 g/mol. The Morgan fingerprint density at radius 3 is 2.55 bits per heavy atom. The van der Waals surface area contributed by atoms with E-state index >= 15 is 0 Å². The van der Waals surface area contributed by atoms with E-state index in [2.05, 4.69) is 5.32 Å². The van der Waals surface area contributed by atoms with Crippen molar-refractivity contribution < 1.29 is 19.0 Å². The lowest BCUT2D eigenvalue weighted by molar-refractivity contribution is 0.102. The summed E-state index contributed by atoms with van der Waals surface area (Å²) in [6.07, 6.45) is 0. The first-order valence-corrected chi connectivity index (χ1v) is 6.13. The van der Waals surface area contributed by atoms with Crippen molar-refractivity contribution in [3.05, 3.63) is 53.8 Å². The van der Waals surface area contributed by atoms with Crippen LogP contribution in [0.3, 0.4) is 0 Å². The van der Waals surface area contributed by atoms with E-state index in [9.17, 15) is 9.18 Å². The van der Waals surface area contributed by atoms with Gasteiger partial charge in [-0.3, -0.25) is 4.79 Å². The van der Waals surface area contributed by atoms with E-state index < -0.39 is 11.6 Å². The summed E-state index contributed by atoms with van der Waals surface area (Å²) < 4.78 is 18.4. The lowest BCUT2D eigenvalue weighted by Gasteiger charge is -2.07. The molecule has 0 radical (unpaired) electrons. The summed E-state index contributed by atoms with van der Waals surface area (Å²) in [6, 6.07) is 10.3. The largest absolute Gasteiger partial charge is 0.505 e. The Morgan fingerprint density at radius 1 is 1.25 bits per heavy atom. The molecule has 0 saturated heterocycles. The molecule has 1 amide bonds. The lowest BCUT2D eigenvalue weighted by atomic mass is 10.2. The van der Waals surface area contributed by atoms with Crippen LogP contribution in [0.5, 0.6) is 11.5 Å². The van der Waals surface area contributed by atoms with Gasteiger partial charge >= 0.3 is 0 Å². The zero-order valence-electron chi connectivity index (χ0n) is 10.9. The summed E-state index contributed by atoms with van der Waals surface area (Å²) in [5.41, 5.74) is 0.709. The van der Waals surface area contributed by atoms with Crippen LogP contribution < -0.4 is 10.1 Å². The number of benzene rings is 2. The van der Waals surface area contributed by atoms with Gasteiger partial charge in [0.2, 0.25) is 0 Å². The molecule has 0 aromatic heterocycles. The van der Waals surface area contributed by atoms with Crippen molar-refractivity contribution in [2.24, 2.45) is 0 Å². The second kappa shape index (κ2) is 6.06. The quantitative estimate of drug-likeness (QED) is 0.842. The predicted octanol–water partition coefficient (Wildman–Crippen LogP) is 3.18. The molecule has 0 saturated carbocycles. The standard InChI is InChI=1S/C15H14FNO3/c1-2-20-12-6-3-10(4-7-12)15(19)17-11-5-8-14(18)13(16)9-11/h3-9,18H,2H2,1H3,(H,17,19). The van der Waals surface area contributed by atoms with Crippen LogP contribution in [0.1, 0.15) is 17.3 Å². The number of phenolic OH excluding ortho intramolecular Hbond substituents is 1. The molecule has 0 unspecified atom stereocenters. The molecule has 20 heavy (non-hydrogen) atoms. The molecule has 0 spiro atoms. The molecule has 2 aromatic rings. The highest BCUT2D eigenvalue weighted by atomic mass is 19.1. The number of halogens is 1. The van der Waals surface area contributed by atoms with Gasteiger partial charge in [-0.1, -0.05) is 0 Å². The van der Waals surface area contributed by atoms with Gasteiger partial charge in [0.15, 0.2) is 11.6 Å². The SMILES string of the molecule is CCOc1ccc(C(=O)Nc2ccc(O)c(F)c2)cc1. The van der Waals surface area contributed by atoms with Gasteiger partial charge < -0.3 is 15.2 Å². The Hall–Kier alpha value is -2.56. The third kappa shape index (κ3) is 3.26. The van der Waals surface area contributed by atoms with Crippen LogP contribution in [0.15, 0.2) is 42.5 Å². The average Bonchev–Trinajstić information content (AvgIpc) is 2.44. The predicted molar refractivity (Wildman–Crippen MR) is 73.6 cm³/mol. The maximum atomic E-state index is 13.2. The second-order valence-electron chi connectivity index (χ2n) is 4.08. The molecule has 4 nitrogen and oxygen atoms in total. The number of aromatic hydroxyl groups is 1. The number of amides is 1. The van der Waals surface area contributed by atoms with Gasteiger partial charge in [-0.15, -0.1) is 0 Å². The normalized spacial score (nSPS) is 10.1. The monoisotopic (exact) mass is 275 g/mol. The fourth-order valence-electron chi connectivity index (χ4n) is 1.66. The number of carbonyl (C=O) groups is 1. The fourth-order valence-corrected chi connectivity index (χ4v) is 1.66. The number of phenols is 1. The van der Waals surface area contributed by atoms with Crippen molar-refractivity contribution in [2.75, 3.05) is 11.9 Å². The number of hydrogen-bond acceptors (Lipinski definition) is 3. The van der Waals surface area contributed by atoms with Crippen molar-refractivity contribution in [2.45, 2.75) is 6.92 Å². The minimum Gasteiger partial charge on any atom is -0.505 e. The van der Waals surface area contributed by atoms with E-state index in [-0.39, 0.29) is 11.6 Å². The Labute approximate surface area is 115 Å². The number of anilines is 1. The Bertz CT molecular complexity index is 611. The maximum Gasteiger partial charge on any atom is 0.255 e. The van der Waals surface area contributed by atoms with Crippen LogP contribution in [0, 0.1) is 5.82 Å². The number of hydrogen-bond donors (Lipinski definition) is 2. The van der Waals surface area contributed by atoms with Gasteiger partial charge in [0.25, 0.3) is 5.91 Å². The molecule has 0 aliphatic carbocycles. The van der Waals surface area contributed by atoms with Gasteiger partial charge in [0.1, 0.15) is 5.75 Å². The van der Waals surface area contributed by atoms with Gasteiger partial charge in [0.05, 0.1) is 6.61 Å². The highest BCUT2D eigenvalue weighted by Crippen LogP contribution is 2.20. The Kier molecular flexibility index (Phi) is 4.20. The number of carbonyl (C=O) groups excluding carboxylic acids is 1. The summed E-state index contributed by atoms with van der Waals surface area (Å²) in [5, 5.41) is 11.6. The minimum absolute atomic E-state index is 0.277. The summed E-state index contributed by atoms with van der Waals surface area (Å²) >= 11 is 0. The Morgan fingerprint density at radius 2 is 1.95 bits per heavy atom. The first kappa shape index (κ1) is 13.9.